The molecule has 7 nitrogen and oxygen atoms in total. The Hall–Kier alpha value is -2.79. The Bertz CT molecular complexity index is 1110. The Kier molecular flexibility index (Phi) is 5.80. The van der Waals surface area contributed by atoms with Crippen LogP contribution in [0.4, 0.5) is 19.1 Å². The summed E-state index contributed by atoms with van der Waals surface area (Å²) in [5, 5.41) is 3.83. The third-order valence-electron chi connectivity index (χ3n) is 5.16. The quantitative estimate of drug-likeness (QED) is 0.568. The van der Waals surface area contributed by atoms with Gasteiger partial charge in [-0.2, -0.15) is 13.2 Å². The lowest BCUT2D eigenvalue weighted by Gasteiger charge is -2.34. The molecule has 1 aromatic carbocycles. The number of rotatable bonds is 4. The first-order chi connectivity index (χ1) is 14.7. The van der Waals surface area contributed by atoms with Gasteiger partial charge >= 0.3 is 6.18 Å². The second-order valence-electron chi connectivity index (χ2n) is 7.52. The fourth-order valence-corrected chi connectivity index (χ4v) is 3.77. The van der Waals surface area contributed by atoms with Gasteiger partial charge in [-0.25, -0.2) is 14.6 Å². The zero-order valence-electron chi connectivity index (χ0n) is 17.2. The minimum atomic E-state index is -4.62. The number of piperazine rings is 1. The van der Waals surface area contributed by atoms with Crippen LogP contribution in [0.15, 0.2) is 36.5 Å². The number of aromatic nitrogens is 5. The van der Waals surface area contributed by atoms with Crippen molar-refractivity contribution >= 4 is 18.2 Å². The summed E-state index contributed by atoms with van der Waals surface area (Å²) in [6, 6.07) is 8.58. The molecule has 0 amide bonds. The average Bonchev–Trinajstić information content (AvgIpc) is 3.06. The molecular formula is C20H22F3N7S. The molecular weight excluding hydrogens is 427 g/mol. The third kappa shape index (κ3) is 4.62. The minimum absolute atomic E-state index is 0.0145. The topological polar surface area (TPSA) is 55.0 Å². The molecule has 31 heavy (non-hydrogen) atoms. The summed E-state index contributed by atoms with van der Waals surface area (Å²) < 4.78 is 43.3. The van der Waals surface area contributed by atoms with Crippen LogP contribution in [0.25, 0.3) is 5.69 Å². The van der Waals surface area contributed by atoms with Crippen molar-refractivity contribution in [2.45, 2.75) is 26.7 Å². The molecule has 3 aromatic rings. The second-order valence-corrected chi connectivity index (χ2v) is 7.88. The van der Waals surface area contributed by atoms with Crippen molar-refractivity contribution in [2.75, 3.05) is 31.1 Å². The Balaban J connectivity index is 1.54. The molecule has 1 aliphatic rings. The van der Waals surface area contributed by atoms with Crippen molar-refractivity contribution in [3.8, 4) is 5.69 Å². The van der Waals surface area contributed by atoms with Crippen LogP contribution in [0.5, 0.6) is 0 Å². The van der Waals surface area contributed by atoms with E-state index in [1.54, 1.807) is 30.5 Å². The van der Waals surface area contributed by atoms with E-state index in [2.05, 4.69) is 20.0 Å². The van der Waals surface area contributed by atoms with Gasteiger partial charge in [-0.1, -0.05) is 17.7 Å². The molecule has 0 radical (unpaired) electrons. The van der Waals surface area contributed by atoms with Gasteiger partial charge in [-0.05, 0) is 44.3 Å². The molecule has 1 saturated heterocycles. The van der Waals surface area contributed by atoms with Crippen molar-refractivity contribution in [3.05, 3.63) is 58.4 Å². The Labute approximate surface area is 182 Å². The molecule has 11 heteroatoms. The Morgan fingerprint density at radius 2 is 1.68 bits per heavy atom. The summed E-state index contributed by atoms with van der Waals surface area (Å²) in [7, 11) is 0. The first kappa shape index (κ1) is 21.4. The maximum absolute atomic E-state index is 13.7. The van der Waals surface area contributed by atoms with E-state index in [1.165, 1.54) is 4.68 Å². The molecule has 1 fully saturated rings. The molecule has 0 atom stereocenters. The predicted molar refractivity (Wildman–Crippen MR) is 113 cm³/mol. The van der Waals surface area contributed by atoms with Crippen LogP contribution in [0.3, 0.4) is 0 Å². The Morgan fingerprint density at radius 3 is 2.29 bits per heavy atom. The van der Waals surface area contributed by atoms with Crippen molar-refractivity contribution < 1.29 is 13.2 Å². The van der Waals surface area contributed by atoms with E-state index in [1.807, 2.05) is 24.8 Å². The van der Waals surface area contributed by atoms with E-state index in [0.29, 0.717) is 37.8 Å². The molecule has 164 valence electrons. The zero-order chi connectivity index (χ0) is 22.2. The van der Waals surface area contributed by atoms with Crippen LogP contribution in [0.1, 0.15) is 17.1 Å². The van der Waals surface area contributed by atoms with Crippen molar-refractivity contribution in [3.63, 3.8) is 0 Å². The monoisotopic (exact) mass is 449 g/mol. The maximum atomic E-state index is 13.7. The number of hydrogen-bond donors (Lipinski definition) is 0. The van der Waals surface area contributed by atoms with Gasteiger partial charge < -0.3 is 4.90 Å². The van der Waals surface area contributed by atoms with Gasteiger partial charge in [-0.15, -0.1) is 5.10 Å². The van der Waals surface area contributed by atoms with Gasteiger partial charge in [0.1, 0.15) is 0 Å². The van der Waals surface area contributed by atoms with E-state index in [-0.39, 0.29) is 11.4 Å². The summed E-state index contributed by atoms with van der Waals surface area (Å²) in [4.78, 5) is 12.8. The molecule has 0 bridgehead atoms. The lowest BCUT2D eigenvalue weighted by atomic mass is 10.2. The first-order valence-corrected chi connectivity index (χ1v) is 10.2. The maximum Gasteiger partial charge on any atom is 0.452 e. The zero-order valence-corrected chi connectivity index (χ0v) is 18.0. The summed E-state index contributed by atoms with van der Waals surface area (Å²) in [6.45, 7) is 6.58. The highest BCUT2D eigenvalue weighted by Crippen LogP contribution is 2.30. The van der Waals surface area contributed by atoms with Crippen molar-refractivity contribution in [2.24, 2.45) is 0 Å². The number of nitrogens with zero attached hydrogens (tertiary/aromatic N) is 7. The first-order valence-electron chi connectivity index (χ1n) is 9.83. The van der Waals surface area contributed by atoms with Crippen LogP contribution >= 0.6 is 12.2 Å². The van der Waals surface area contributed by atoms with Gasteiger partial charge in [-0.3, -0.25) is 9.47 Å². The van der Waals surface area contributed by atoms with E-state index in [4.69, 9.17) is 12.2 Å². The number of alkyl halides is 3. The molecule has 1 aliphatic heterocycles. The summed E-state index contributed by atoms with van der Waals surface area (Å²) in [5.74, 6) is -0.354. The highest BCUT2D eigenvalue weighted by molar-refractivity contribution is 7.71. The minimum Gasteiger partial charge on any atom is -0.338 e. The summed E-state index contributed by atoms with van der Waals surface area (Å²) in [5.41, 5.74) is 2.18. The van der Waals surface area contributed by atoms with Gasteiger partial charge in [0, 0.05) is 43.8 Å². The van der Waals surface area contributed by atoms with Crippen LogP contribution in [0.2, 0.25) is 0 Å². The number of benzene rings is 1. The fraction of sp³-hybridized carbons (Fsp3) is 0.400. The highest BCUT2D eigenvalue weighted by Gasteiger charge is 2.39. The Morgan fingerprint density at radius 1 is 1.00 bits per heavy atom. The van der Waals surface area contributed by atoms with Gasteiger partial charge in [0.05, 0.1) is 6.67 Å². The molecule has 2 aromatic heterocycles. The van der Waals surface area contributed by atoms with E-state index in [9.17, 15) is 13.2 Å². The standard InChI is InChI=1S/C20H22F3N7S/c1-14-3-5-16(6-4-14)30-17(20(21,22)23)26-29(19(30)31)13-27-9-11-28(12-10-27)18-24-8-7-15(2)25-18/h3-8H,9-13H2,1-2H3. The SMILES string of the molecule is Cc1ccc(-n2c(C(F)(F)F)nn(CN3CCN(c4nccc(C)n4)CC3)c2=S)cc1. The van der Waals surface area contributed by atoms with Crippen molar-refractivity contribution in [1.82, 2.24) is 29.2 Å². The normalized spacial score (nSPS) is 15.5. The van der Waals surface area contributed by atoms with Gasteiger partial charge in [0.25, 0.3) is 0 Å². The molecule has 4 rings (SSSR count). The third-order valence-corrected chi connectivity index (χ3v) is 5.55. The lowest BCUT2D eigenvalue weighted by Crippen LogP contribution is -2.47. The highest BCUT2D eigenvalue weighted by atomic mass is 32.1. The number of hydrogen-bond acceptors (Lipinski definition) is 6. The number of aryl methyl sites for hydroxylation is 2. The van der Waals surface area contributed by atoms with Crippen LogP contribution in [-0.2, 0) is 12.8 Å². The van der Waals surface area contributed by atoms with E-state index >= 15 is 0 Å². The fourth-order valence-electron chi connectivity index (χ4n) is 3.48. The average molecular weight is 450 g/mol. The molecule has 0 saturated carbocycles. The molecule has 0 aliphatic carbocycles. The van der Waals surface area contributed by atoms with Gasteiger partial charge in [0.15, 0.2) is 0 Å². The largest absolute Gasteiger partial charge is 0.452 e. The molecule has 0 spiro atoms. The van der Waals surface area contributed by atoms with Crippen molar-refractivity contribution in [1.29, 1.82) is 0 Å². The molecule has 0 unspecified atom stereocenters. The molecule has 3 heterocycles. The van der Waals surface area contributed by atoms with Crippen LogP contribution in [0, 0.1) is 18.6 Å². The van der Waals surface area contributed by atoms with E-state index < -0.39 is 12.0 Å². The van der Waals surface area contributed by atoms with Gasteiger partial charge in [0.2, 0.25) is 16.5 Å². The molecule has 0 N–H and O–H groups in total. The van der Waals surface area contributed by atoms with E-state index in [0.717, 1.165) is 15.8 Å². The smallest absolute Gasteiger partial charge is 0.338 e. The number of anilines is 1. The van der Waals surface area contributed by atoms with Crippen LogP contribution < -0.4 is 4.90 Å². The lowest BCUT2D eigenvalue weighted by molar-refractivity contribution is -0.146. The number of halogens is 3. The second kappa shape index (κ2) is 8.39. The van der Waals surface area contributed by atoms with Crippen LogP contribution in [-0.4, -0.2) is 55.4 Å². The predicted octanol–water partition coefficient (Wildman–Crippen LogP) is 3.61. The summed E-state index contributed by atoms with van der Waals surface area (Å²) in [6.07, 6.45) is -2.90. The summed E-state index contributed by atoms with van der Waals surface area (Å²) >= 11 is 5.39.